The lowest BCUT2D eigenvalue weighted by Gasteiger charge is -2.31. The molecule has 0 unspecified atom stereocenters. The molecule has 1 spiro atoms. The van der Waals surface area contributed by atoms with E-state index in [-0.39, 0.29) is 5.60 Å². The third kappa shape index (κ3) is 4.57. The fourth-order valence-electron chi connectivity index (χ4n) is 5.02. The fraction of sp³-hybridized carbons (Fsp3) is 0.481. The van der Waals surface area contributed by atoms with Gasteiger partial charge in [0.25, 0.3) is 0 Å². The lowest BCUT2D eigenvalue weighted by molar-refractivity contribution is 0.0159. The standard InChI is InChI=1S/C27H36N2O/c1-4-28(5-2)20-25-11-7-8-12-26(25)24-15-13-23(14-16-24)19-29-21-27(30-22(29)3)17-9-6-10-18-27/h7-8,11-16H,3-6,9-10,17-21H2,1-2H3. The molecule has 0 N–H and O–H groups in total. The predicted octanol–water partition coefficient (Wildman–Crippen LogP) is 6.20. The molecule has 1 aliphatic heterocycles. The summed E-state index contributed by atoms with van der Waals surface area (Å²) in [5, 5.41) is 0. The summed E-state index contributed by atoms with van der Waals surface area (Å²) in [6.45, 7) is 13.7. The predicted molar refractivity (Wildman–Crippen MR) is 125 cm³/mol. The molecule has 2 aromatic rings. The van der Waals surface area contributed by atoms with Crippen LogP contribution in [0.1, 0.15) is 57.1 Å². The van der Waals surface area contributed by atoms with Gasteiger partial charge < -0.3 is 9.64 Å². The van der Waals surface area contributed by atoms with Crippen LogP contribution in [0, 0.1) is 0 Å². The summed E-state index contributed by atoms with van der Waals surface area (Å²) in [7, 11) is 0. The molecule has 0 radical (unpaired) electrons. The van der Waals surface area contributed by atoms with Gasteiger partial charge in [-0.1, -0.05) is 68.8 Å². The van der Waals surface area contributed by atoms with E-state index in [1.807, 2.05) is 0 Å². The van der Waals surface area contributed by atoms with Crippen molar-refractivity contribution in [1.29, 1.82) is 0 Å². The average molecular weight is 405 g/mol. The molecule has 0 aromatic heterocycles. The van der Waals surface area contributed by atoms with Gasteiger partial charge in [-0.3, -0.25) is 4.90 Å². The van der Waals surface area contributed by atoms with Crippen LogP contribution < -0.4 is 0 Å². The van der Waals surface area contributed by atoms with E-state index < -0.39 is 0 Å². The van der Waals surface area contributed by atoms with E-state index in [1.54, 1.807) is 0 Å². The quantitative estimate of drug-likeness (QED) is 0.546. The van der Waals surface area contributed by atoms with Crippen LogP contribution in [0.15, 0.2) is 61.0 Å². The Labute approximate surface area is 182 Å². The number of rotatable bonds is 7. The highest BCUT2D eigenvalue weighted by Crippen LogP contribution is 2.40. The molecule has 1 saturated carbocycles. The Morgan fingerprint density at radius 3 is 2.37 bits per heavy atom. The molecule has 160 valence electrons. The zero-order valence-electron chi connectivity index (χ0n) is 18.7. The molecule has 2 aromatic carbocycles. The number of hydrogen-bond donors (Lipinski definition) is 0. The zero-order valence-corrected chi connectivity index (χ0v) is 18.7. The summed E-state index contributed by atoms with van der Waals surface area (Å²) >= 11 is 0. The first-order valence-corrected chi connectivity index (χ1v) is 11.6. The van der Waals surface area contributed by atoms with Gasteiger partial charge in [-0.05, 0) is 67.6 Å². The first kappa shape index (κ1) is 21.0. The number of nitrogens with zero attached hydrogens (tertiary/aromatic N) is 2. The van der Waals surface area contributed by atoms with Gasteiger partial charge in [0.2, 0.25) is 0 Å². The molecule has 2 fully saturated rings. The highest BCUT2D eigenvalue weighted by Gasteiger charge is 2.42. The van der Waals surface area contributed by atoms with Crippen LogP contribution >= 0.6 is 0 Å². The third-order valence-electron chi connectivity index (χ3n) is 6.87. The van der Waals surface area contributed by atoms with Gasteiger partial charge in [-0.15, -0.1) is 0 Å². The lowest BCUT2D eigenvalue weighted by atomic mass is 9.85. The van der Waals surface area contributed by atoms with Crippen molar-refractivity contribution in [1.82, 2.24) is 9.80 Å². The zero-order chi connectivity index (χ0) is 21.0. The van der Waals surface area contributed by atoms with Crippen molar-refractivity contribution in [3.8, 4) is 11.1 Å². The molecule has 3 nitrogen and oxygen atoms in total. The molecule has 1 aliphatic carbocycles. The minimum absolute atomic E-state index is 0.0264. The maximum absolute atomic E-state index is 6.27. The van der Waals surface area contributed by atoms with Gasteiger partial charge in [0.05, 0.1) is 6.54 Å². The van der Waals surface area contributed by atoms with Gasteiger partial charge in [-0.2, -0.15) is 0 Å². The molecular formula is C27H36N2O. The Hall–Kier alpha value is -2.26. The van der Waals surface area contributed by atoms with Crippen molar-refractivity contribution >= 4 is 0 Å². The topological polar surface area (TPSA) is 15.7 Å². The van der Waals surface area contributed by atoms with Crippen LogP contribution in [0.3, 0.4) is 0 Å². The summed E-state index contributed by atoms with van der Waals surface area (Å²) in [5.41, 5.74) is 5.37. The van der Waals surface area contributed by atoms with Crippen molar-refractivity contribution in [2.45, 2.75) is 64.6 Å². The molecule has 4 rings (SSSR count). The second-order valence-corrected chi connectivity index (χ2v) is 8.91. The van der Waals surface area contributed by atoms with E-state index >= 15 is 0 Å². The molecular weight excluding hydrogens is 368 g/mol. The van der Waals surface area contributed by atoms with Crippen molar-refractivity contribution < 1.29 is 4.74 Å². The van der Waals surface area contributed by atoms with E-state index in [4.69, 9.17) is 4.74 Å². The summed E-state index contributed by atoms with van der Waals surface area (Å²) in [4.78, 5) is 4.79. The molecule has 3 heteroatoms. The van der Waals surface area contributed by atoms with Crippen LogP contribution in [0.25, 0.3) is 11.1 Å². The van der Waals surface area contributed by atoms with Gasteiger partial charge >= 0.3 is 0 Å². The third-order valence-corrected chi connectivity index (χ3v) is 6.87. The van der Waals surface area contributed by atoms with Crippen LogP contribution in [0.4, 0.5) is 0 Å². The van der Waals surface area contributed by atoms with Crippen LogP contribution in [0.2, 0.25) is 0 Å². The number of ether oxygens (including phenoxy) is 1. The van der Waals surface area contributed by atoms with Gasteiger partial charge in [-0.25, -0.2) is 0 Å². The minimum Gasteiger partial charge on any atom is -0.471 e. The highest BCUT2D eigenvalue weighted by atomic mass is 16.5. The maximum Gasteiger partial charge on any atom is 0.183 e. The first-order valence-electron chi connectivity index (χ1n) is 11.6. The average Bonchev–Trinajstić information content (AvgIpc) is 3.07. The van der Waals surface area contributed by atoms with E-state index in [1.165, 1.54) is 54.4 Å². The van der Waals surface area contributed by atoms with Gasteiger partial charge in [0, 0.05) is 13.1 Å². The van der Waals surface area contributed by atoms with Crippen LogP contribution in [0.5, 0.6) is 0 Å². The first-order chi connectivity index (χ1) is 14.6. The Balaban J connectivity index is 1.46. The second kappa shape index (κ2) is 9.26. The van der Waals surface area contributed by atoms with E-state index in [0.717, 1.165) is 38.6 Å². The summed E-state index contributed by atoms with van der Waals surface area (Å²) in [5.74, 6) is 0.852. The molecule has 2 aliphatic rings. The Morgan fingerprint density at radius 2 is 1.67 bits per heavy atom. The SMILES string of the molecule is C=C1OC2(CCCCC2)CN1Cc1ccc(-c2ccccc2CN(CC)CC)cc1. The molecule has 1 saturated heterocycles. The molecule has 0 amide bonds. The van der Waals surface area contributed by atoms with E-state index in [0.29, 0.717) is 0 Å². The summed E-state index contributed by atoms with van der Waals surface area (Å²) in [6, 6.07) is 17.9. The van der Waals surface area contributed by atoms with Crippen LogP contribution in [-0.4, -0.2) is 35.0 Å². The normalized spacial score (nSPS) is 18.2. The Morgan fingerprint density at radius 1 is 0.967 bits per heavy atom. The number of benzene rings is 2. The lowest BCUT2D eigenvalue weighted by Crippen LogP contribution is -2.36. The van der Waals surface area contributed by atoms with Crippen molar-refractivity contribution in [3.05, 3.63) is 72.1 Å². The van der Waals surface area contributed by atoms with Gasteiger partial charge in [0.15, 0.2) is 5.88 Å². The van der Waals surface area contributed by atoms with Gasteiger partial charge in [0.1, 0.15) is 5.60 Å². The highest BCUT2D eigenvalue weighted by molar-refractivity contribution is 5.67. The molecule has 1 heterocycles. The minimum atomic E-state index is 0.0264. The Bertz CT molecular complexity index is 847. The van der Waals surface area contributed by atoms with Crippen molar-refractivity contribution in [3.63, 3.8) is 0 Å². The fourth-order valence-corrected chi connectivity index (χ4v) is 5.02. The second-order valence-electron chi connectivity index (χ2n) is 8.91. The molecule has 30 heavy (non-hydrogen) atoms. The van der Waals surface area contributed by atoms with Crippen molar-refractivity contribution in [2.24, 2.45) is 0 Å². The smallest absolute Gasteiger partial charge is 0.183 e. The summed E-state index contributed by atoms with van der Waals surface area (Å²) < 4.78 is 6.27. The Kier molecular flexibility index (Phi) is 6.48. The van der Waals surface area contributed by atoms with Crippen LogP contribution in [-0.2, 0) is 17.8 Å². The van der Waals surface area contributed by atoms with Crippen molar-refractivity contribution in [2.75, 3.05) is 19.6 Å². The molecule has 0 bridgehead atoms. The largest absolute Gasteiger partial charge is 0.471 e. The maximum atomic E-state index is 6.27. The monoisotopic (exact) mass is 404 g/mol. The summed E-state index contributed by atoms with van der Waals surface area (Å²) in [6.07, 6.45) is 6.25. The van der Waals surface area contributed by atoms with E-state index in [2.05, 4.69) is 78.8 Å². The number of hydrogen-bond acceptors (Lipinski definition) is 3. The molecule has 0 atom stereocenters. The van der Waals surface area contributed by atoms with E-state index in [9.17, 15) is 0 Å².